The molecule has 0 aromatic heterocycles. The van der Waals surface area contributed by atoms with Crippen molar-refractivity contribution in [1.29, 1.82) is 0 Å². The van der Waals surface area contributed by atoms with Gasteiger partial charge in [0.1, 0.15) is 11.6 Å². The van der Waals surface area contributed by atoms with Crippen molar-refractivity contribution in [2.75, 3.05) is 0 Å². The van der Waals surface area contributed by atoms with E-state index in [4.69, 9.17) is 11.3 Å². The molecular weight excluding hydrogens is 368 g/mol. The molecule has 26 heavy (non-hydrogen) atoms. The van der Waals surface area contributed by atoms with Gasteiger partial charge in [-0.2, -0.15) is 22.0 Å². The van der Waals surface area contributed by atoms with Gasteiger partial charge in [0.25, 0.3) is 0 Å². The van der Waals surface area contributed by atoms with E-state index in [1.165, 1.54) is 0 Å². The number of aliphatic hydroxyl groups is 1. The fourth-order valence-electron chi connectivity index (χ4n) is 2.44. The zero-order valence-electron chi connectivity index (χ0n) is 12.4. The van der Waals surface area contributed by atoms with Gasteiger partial charge in [0.2, 0.25) is 0 Å². The number of alkyl halides is 5. The third-order valence-corrected chi connectivity index (χ3v) is 3.51. The molecule has 1 N–H and O–H groups in total. The quantitative estimate of drug-likeness (QED) is 0.579. The molecule has 0 amide bonds. The van der Waals surface area contributed by atoms with E-state index in [1.54, 1.807) is 0 Å². The Labute approximate surface area is 142 Å². The van der Waals surface area contributed by atoms with Gasteiger partial charge < -0.3 is 14.6 Å². The van der Waals surface area contributed by atoms with Gasteiger partial charge in [-0.15, -0.1) is 0 Å². The fraction of sp³-hybridized carbons (Fsp3) is 0.188. The molecule has 0 radical (unpaired) electrons. The van der Waals surface area contributed by atoms with Crippen molar-refractivity contribution in [2.45, 2.75) is 18.4 Å². The Morgan fingerprint density at radius 2 is 1.88 bits per heavy atom. The van der Waals surface area contributed by atoms with Gasteiger partial charge in [-0.1, -0.05) is 0 Å². The second-order valence-corrected chi connectivity index (χ2v) is 5.28. The number of aliphatic hydroxyl groups excluding tert-OH is 1. The van der Waals surface area contributed by atoms with Gasteiger partial charge in [0.05, 0.1) is 12.1 Å². The highest BCUT2D eigenvalue weighted by Gasteiger charge is 2.55. The minimum atomic E-state index is -5.02. The Morgan fingerprint density at radius 3 is 2.50 bits per heavy atom. The predicted octanol–water partition coefficient (Wildman–Crippen LogP) is 5.21. The zero-order chi connectivity index (χ0) is 19.3. The molecule has 0 spiro atoms. The summed E-state index contributed by atoms with van der Waals surface area (Å²) in [5.41, 5.74) is -2.86. The Hall–Kier alpha value is -2.93. The van der Waals surface area contributed by atoms with Crippen LogP contribution in [0, 0.1) is 12.4 Å². The largest absolute Gasteiger partial charge is 0.455 e. The maximum atomic E-state index is 13.6. The lowest BCUT2D eigenvalue weighted by Crippen LogP contribution is -2.27. The van der Waals surface area contributed by atoms with E-state index in [2.05, 4.69) is 9.58 Å². The van der Waals surface area contributed by atoms with Gasteiger partial charge in [-0.25, -0.2) is 9.24 Å². The molecule has 2 aromatic carbocycles. The van der Waals surface area contributed by atoms with Crippen LogP contribution in [0.25, 0.3) is 4.85 Å². The highest BCUT2D eigenvalue weighted by Crippen LogP contribution is 2.54. The molecule has 1 unspecified atom stereocenters. The molecule has 1 aliphatic rings. The first kappa shape index (κ1) is 17.9. The van der Waals surface area contributed by atoms with Gasteiger partial charge in [0, 0.05) is 11.6 Å². The van der Waals surface area contributed by atoms with Crippen molar-refractivity contribution in [1.82, 2.24) is 0 Å². The summed E-state index contributed by atoms with van der Waals surface area (Å²) in [6, 6.07) is 3.90. The molecule has 0 fully saturated rings. The van der Waals surface area contributed by atoms with Crippen LogP contribution >= 0.6 is 0 Å². The monoisotopic (exact) mass is 375 g/mol. The van der Waals surface area contributed by atoms with Gasteiger partial charge in [-0.05, 0) is 24.3 Å². The molecular formula is C16H7F6NO3. The average molecular weight is 375 g/mol. The Morgan fingerprint density at radius 1 is 1.19 bits per heavy atom. The molecule has 2 aromatic rings. The van der Waals surface area contributed by atoms with E-state index in [0.717, 1.165) is 18.2 Å². The smallest absolute Gasteiger partial charge is 0.429 e. The van der Waals surface area contributed by atoms with Crippen LogP contribution in [0.2, 0.25) is 0 Å². The average Bonchev–Trinajstić information content (AvgIpc) is 2.77. The van der Waals surface area contributed by atoms with Crippen LogP contribution in [0.1, 0.15) is 17.2 Å². The summed E-state index contributed by atoms with van der Waals surface area (Å²) >= 11 is 0. The first-order valence-electron chi connectivity index (χ1n) is 6.88. The van der Waals surface area contributed by atoms with Crippen LogP contribution in [0.3, 0.4) is 0 Å². The number of fused-ring (bicyclic) bond motifs is 1. The summed E-state index contributed by atoms with van der Waals surface area (Å²) < 4.78 is 89.1. The summed E-state index contributed by atoms with van der Waals surface area (Å²) in [5, 5.41) is 9.54. The maximum absolute atomic E-state index is 13.6. The lowest BCUT2D eigenvalue weighted by atomic mass is 10.0. The highest BCUT2D eigenvalue weighted by molar-refractivity contribution is 5.58. The van der Waals surface area contributed by atoms with Gasteiger partial charge in [-0.3, -0.25) is 0 Å². The molecule has 1 aliphatic heterocycles. The fourth-order valence-corrected chi connectivity index (χ4v) is 2.44. The molecule has 0 aliphatic carbocycles. The standard InChI is InChI=1S/C16H7F6NO3/c1-23-8-4-7(17)5-9(6-8)25-11-3-2-10(15(18,19)20)12-13(11)26-16(21,22)14(12)24/h2-6,14,24H. The van der Waals surface area contributed by atoms with Crippen molar-refractivity contribution in [3.63, 3.8) is 0 Å². The van der Waals surface area contributed by atoms with E-state index in [-0.39, 0.29) is 11.4 Å². The second-order valence-electron chi connectivity index (χ2n) is 5.28. The van der Waals surface area contributed by atoms with Crippen LogP contribution < -0.4 is 9.47 Å². The molecule has 1 heterocycles. The predicted molar refractivity (Wildman–Crippen MR) is 74.7 cm³/mol. The third-order valence-electron chi connectivity index (χ3n) is 3.51. The Bertz CT molecular complexity index is 919. The first-order chi connectivity index (χ1) is 12.0. The molecule has 0 bridgehead atoms. The van der Waals surface area contributed by atoms with Crippen LogP contribution in [0.5, 0.6) is 17.2 Å². The normalized spacial score (nSPS) is 18.0. The Balaban J connectivity index is 2.12. The van der Waals surface area contributed by atoms with Crippen molar-refractivity contribution >= 4 is 5.69 Å². The summed E-state index contributed by atoms with van der Waals surface area (Å²) in [4.78, 5) is 2.98. The van der Waals surface area contributed by atoms with Crippen molar-refractivity contribution < 1.29 is 40.9 Å². The Kier molecular flexibility index (Phi) is 3.99. The van der Waals surface area contributed by atoms with Crippen molar-refractivity contribution in [2.24, 2.45) is 0 Å². The summed E-state index contributed by atoms with van der Waals surface area (Å²) in [6.45, 7) is 6.84. The molecule has 1 atom stereocenters. The lowest BCUT2D eigenvalue weighted by Gasteiger charge is -2.15. The van der Waals surface area contributed by atoms with Crippen LogP contribution in [-0.4, -0.2) is 11.2 Å². The van der Waals surface area contributed by atoms with Gasteiger partial charge in [0.15, 0.2) is 23.3 Å². The maximum Gasteiger partial charge on any atom is 0.429 e. The summed E-state index contributed by atoms with van der Waals surface area (Å²) in [5.74, 6) is -2.79. The molecule has 10 heteroatoms. The number of halogens is 6. The van der Waals surface area contributed by atoms with Crippen LogP contribution in [0.4, 0.5) is 32.0 Å². The summed E-state index contributed by atoms with van der Waals surface area (Å²) in [6.07, 6.45) is -12.2. The number of nitrogens with zero attached hydrogens (tertiary/aromatic N) is 1. The summed E-state index contributed by atoms with van der Waals surface area (Å²) in [7, 11) is 0. The molecule has 4 nitrogen and oxygen atoms in total. The van der Waals surface area contributed by atoms with E-state index >= 15 is 0 Å². The molecule has 3 rings (SSSR count). The van der Waals surface area contributed by atoms with E-state index in [1.807, 2.05) is 0 Å². The third kappa shape index (κ3) is 3.01. The van der Waals surface area contributed by atoms with Crippen LogP contribution in [0.15, 0.2) is 30.3 Å². The number of rotatable bonds is 2. The number of benzene rings is 2. The number of hydrogen-bond donors (Lipinski definition) is 1. The van der Waals surface area contributed by atoms with Crippen molar-refractivity contribution in [3.8, 4) is 17.2 Å². The molecule has 136 valence electrons. The van der Waals surface area contributed by atoms with Gasteiger partial charge >= 0.3 is 12.3 Å². The molecule has 0 saturated heterocycles. The highest BCUT2D eigenvalue weighted by atomic mass is 19.4. The number of hydrogen-bond acceptors (Lipinski definition) is 3. The minimum Gasteiger partial charge on any atom is -0.455 e. The first-order valence-corrected chi connectivity index (χ1v) is 6.88. The van der Waals surface area contributed by atoms with E-state index in [0.29, 0.717) is 12.1 Å². The zero-order valence-corrected chi connectivity index (χ0v) is 12.4. The van der Waals surface area contributed by atoms with Crippen molar-refractivity contribution in [3.05, 3.63) is 58.7 Å². The lowest BCUT2D eigenvalue weighted by molar-refractivity contribution is -0.225. The van der Waals surface area contributed by atoms with Crippen LogP contribution in [-0.2, 0) is 6.18 Å². The SMILES string of the molecule is [C-]#[N+]c1cc(F)cc(Oc2ccc(C(F)(F)F)c3c2OC(F)(F)C3O)c1. The van der Waals surface area contributed by atoms with E-state index < -0.39 is 46.8 Å². The topological polar surface area (TPSA) is 43.0 Å². The number of ether oxygens (including phenoxy) is 2. The molecule has 0 saturated carbocycles. The van der Waals surface area contributed by atoms with E-state index in [9.17, 15) is 31.4 Å². The minimum absolute atomic E-state index is 0.171. The second kappa shape index (κ2) is 5.81.